The van der Waals surface area contributed by atoms with Crippen LogP contribution in [0, 0.1) is 5.92 Å². The zero-order valence-electron chi connectivity index (χ0n) is 21.0. The highest BCUT2D eigenvalue weighted by molar-refractivity contribution is 5.98. The number of hydrogen-bond acceptors (Lipinski definition) is 7. The average molecular weight is 525 g/mol. The molecule has 206 valence electrons. The number of amides is 5. The molecular weight excluding hydrogens is 488 g/mol. The normalized spacial score (nSPS) is 25.7. The molecule has 0 saturated carbocycles. The predicted octanol–water partition coefficient (Wildman–Crippen LogP) is -3.25. The molecule has 15 heteroatoms. The topological polar surface area (TPSA) is 238 Å². The second-order valence-electron chi connectivity index (χ2n) is 9.37. The van der Waals surface area contributed by atoms with Crippen molar-refractivity contribution in [2.75, 3.05) is 19.6 Å². The molecule has 37 heavy (non-hydrogen) atoms. The third-order valence-electron chi connectivity index (χ3n) is 6.10. The molecule has 2 saturated heterocycles. The molecule has 0 radical (unpaired) electrons. The Morgan fingerprint density at radius 1 is 1.05 bits per heavy atom. The van der Waals surface area contributed by atoms with E-state index in [4.69, 9.17) is 11.5 Å². The number of hydrogen-bond donors (Lipinski definition) is 7. The summed E-state index contributed by atoms with van der Waals surface area (Å²) >= 11 is 0. The number of nitrogens with zero attached hydrogens (tertiary/aromatic N) is 2. The van der Waals surface area contributed by atoms with E-state index in [0.717, 1.165) is 0 Å². The largest absolute Gasteiger partial charge is 0.481 e. The lowest BCUT2D eigenvalue weighted by Crippen LogP contribution is -2.58. The van der Waals surface area contributed by atoms with E-state index in [0.29, 0.717) is 19.3 Å². The van der Waals surface area contributed by atoms with Gasteiger partial charge in [0.2, 0.25) is 29.5 Å². The van der Waals surface area contributed by atoms with Crippen molar-refractivity contribution in [3.8, 4) is 0 Å². The smallest absolute Gasteiger partial charge is 0.305 e. The van der Waals surface area contributed by atoms with Gasteiger partial charge in [-0.3, -0.25) is 33.8 Å². The first kappa shape index (κ1) is 29.3. The van der Waals surface area contributed by atoms with Crippen LogP contribution < -0.4 is 32.7 Å². The zero-order valence-corrected chi connectivity index (χ0v) is 21.0. The van der Waals surface area contributed by atoms with Crippen LogP contribution in [0.2, 0.25) is 0 Å². The van der Waals surface area contributed by atoms with Gasteiger partial charge in [-0.25, -0.2) is 0 Å². The van der Waals surface area contributed by atoms with E-state index in [1.54, 1.807) is 13.8 Å². The van der Waals surface area contributed by atoms with Crippen molar-refractivity contribution >= 4 is 41.5 Å². The third kappa shape index (κ3) is 8.61. The molecule has 0 aromatic carbocycles. The van der Waals surface area contributed by atoms with Crippen LogP contribution in [0.25, 0.3) is 0 Å². The van der Waals surface area contributed by atoms with E-state index in [1.165, 1.54) is 4.90 Å². The van der Waals surface area contributed by atoms with Crippen molar-refractivity contribution in [3.05, 3.63) is 0 Å². The first-order chi connectivity index (χ1) is 17.4. The van der Waals surface area contributed by atoms with E-state index in [9.17, 15) is 33.9 Å². The Morgan fingerprint density at radius 3 is 2.38 bits per heavy atom. The molecule has 5 amide bonds. The maximum atomic E-state index is 13.2. The SMILES string of the molecule is CC(C)[C@@H]1NC(=O)[C@H]2CCCN2C(=O)[C@H](CC(=O)O)NC(=O)CNC(=O)[C@H](CCCN=C(N)N)NC1=O. The van der Waals surface area contributed by atoms with Crippen LogP contribution in [0.15, 0.2) is 4.99 Å². The summed E-state index contributed by atoms with van der Waals surface area (Å²) in [6, 6.07) is -4.46. The molecule has 0 spiro atoms. The fourth-order valence-corrected chi connectivity index (χ4v) is 4.23. The molecular formula is C22H36N8O7. The summed E-state index contributed by atoms with van der Waals surface area (Å²) in [5.41, 5.74) is 10.6. The minimum absolute atomic E-state index is 0.124. The number of aliphatic carboxylic acids is 1. The van der Waals surface area contributed by atoms with Gasteiger partial charge in [0.15, 0.2) is 5.96 Å². The molecule has 0 bridgehead atoms. The standard InChI is InChI=1S/C22H36N8O7/c1-11(2)17-20(36)28-12(5-3-7-25-22(23)24)18(34)26-10-15(31)27-13(9-16(32)33)21(37)30-8-4-6-14(30)19(35)29-17/h11-14,17H,3-10H2,1-2H3,(H,26,34)(H,27,31)(H,28,36)(H,29,35)(H,32,33)(H4,23,24,25)/t12-,13-,14+,17-/m0/s1. The van der Waals surface area contributed by atoms with Crippen LogP contribution in [-0.2, 0) is 28.8 Å². The minimum Gasteiger partial charge on any atom is -0.481 e. The summed E-state index contributed by atoms with van der Waals surface area (Å²) in [6.07, 6.45) is 0.555. The van der Waals surface area contributed by atoms with Gasteiger partial charge in [-0.2, -0.15) is 0 Å². The van der Waals surface area contributed by atoms with Crippen molar-refractivity contribution in [2.45, 2.75) is 70.1 Å². The van der Waals surface area contributed by atoms with Crippen LogP contribution in [0.5, 0.6) is 0 Å². The number of fused-ring (bicyclic) bond motifs is 1. The number of nitrogens with two attached hydrogens (primary N) is 2. The Hall–Kier alpha value is -3.91. The molecule has 0 aromatic heterocycles. The second kappa shape index (κ2) is 13.4. The van der Waals surface area contributed by atoms with E-state index in [-0.39, 0.29) is 31.4 Å². The van der Waals surface area contributed by atoms with E-state index in [2.05, 4.69) is 26.3 Å². The summed E-state index contributed by atoms with van der Waals surface area (Å²) in [5, 5.41) is 19.3. The third-order valence-corrected chi connectivity index (χ3v) is 6.10. The summed E-state index contributed by atoms with van der Waals surface area (Å²) < 4.78 is 0. The van der Waals surface area contributed by atoms with Crippen molar-refractivity contribution < 1.29 is 33.9 Å². The van der Waals surface area contributed by atoms with Crippen LogP contribution in [0.3, 0.4) is 0 Å². The van der Waals surface area contributed by atoms with Gasteiger partial charge in [0.25, 0.3) is 0 Å². The Morgan fingerprint density at radius 2 is 1.76 bits per heavy atom. The second-order valence-corrected chi connectivity index (χ2v) is 9.37. The van der Waals surface area contributed by atoms with Gasteiger partial charge >= 0.3 is 5.97 Å². The molecule has 2 aliphatic rings. The first-order valence-corrected chi connectivity index (χ1v) is 12.2. The number of guanidine groups is 1. The lowest BCUT2D eigenvalue weighted by molar-refractivity contribution is -0.146. The number of carboxylic acids is 1. The Kier molecular flexibility index (Phi) is 10.6. The fraction of sp³-hybridized carbons (Fsp3) is 0.682. The van der Waals surface area contributed by atoms with Crippen molar-refractivity contribution in [1.82, 2.24) is 26.2 Å². The molecule has 0 unspecified atom stereocenters. The van der Waals surface area contributed by atoms with Gasteiger partial charge in [0.05, 0.1) is 13.0 Å². The molecule has 15 nitrogen and oxygen atoms in total. The highest BCUT2D eigenvalue weighted by Crippen LogP contribution is 2.20. The number of rotatable bonds is 7. The molecule has 2 aliphatic heterocycles. The van der Waals surface area contributed by atoms with Crippen LogP contribution in [0.1, 0.15) is 46.0 Å². The molecule has 2 fully saturated rings. The van der Waals surface area contributed by atoms with Gasteiger partial charge in [0.1, 0.15) is 24.2 Å². The predicted molar refractivity (Wildman–Crippen MR) is 131 cm³/mol. The summed E-state index contributed by atoms with van der Waals surface area (Å²) in [6.45, 7) is 3.27. The molecule has 9 N–H and O–H groups in total. The molecule has 2 heterocycles. The summed E-state index contributed by atoms with van der Waals surface area (Å²) in [4.78, 5) is 81.2. The van der Waals surface area contributed by atoms with Gasteiger partial charge in [-0.1, -0.05) is 13.8 Å². The molecule has 4 atom stereocenters. The van der Waals surface area contributed by atoms with E-state index < -0.39 is 72.6 Å². The maximum Gasteiger partial charge on any atom is 0.305 e. The average Bonchev–Trinajstić information content (AvgIpc) is 3.30. The number of carbonyl (C=O) groups excluding carboxylic acids is 5. The van der Waals surface area contributed by atoms with E-state index in [1.807, 2.05) is 0 Å². The summed E-state index contributed by atoms with van der Waals surface area (Å²) in [7, 11) is 0. The number of aliphatic imine (C=N–C) groups is 1. The zero-order chi connectivity index (χ0) is 27.7. The first-order valence-electron chi connectivity index (χ1n) is 12.2. The molecule has 0 aromatic rings. The van der Waals surface area contributed by atoms with Crippen molar-refractivity contribution in [2.24, 2.45) is 22.4 Å². The van der Waals surface area contributed by atoms with Crippen molar-refractivity contribution in [1.29, 1.82) is 0 Å². The quantitative estimate of drug-likeness (QED) is 0.100. The van der Waals surface area contributed by atoms with Crippen LogP contribution in [0.4, 0.5) is 0 Å². The van der Waals surface area contributed by atoms with E-state index >= 15 is 0 Å². The summed E-state index contributed by atoms with van der Waals surface area (Å²) in [5.74, 6) is -5.20. The highest BCUT2D eigenvalue weighted by atomic mass is 16.4. The van der Waals surface area contributed by atoms with Gasteiger partial charge in [-0.15, -0.1) is 0 Å². The van der Waals surface area contributed by atoms with Crippen LogP contribution in [-0.4, -0.2) is 95.3 Å². The Balaban J connectivity index is 2.36. The number of nitrogens with one attached hydrogen (secondary N) is 4. The highest BCUT2D eigenvalue weighted by Gasteiger charge is 2.40. The fourth-order valence-electron chi connectivity index (χ4n) is 4.23. The van der Waals surface area contributed by atoms with Crippen LogP contribution >= 0.6 is 0 Å². The Labute approximate surface area is 214 Å². The Bertz CT molecular complexity index is 934. The van der Waals surface area contributed by atoms with Gasteiger partial charge < -0.3 is 42.7 Å². The van der Waals surface area contributed by atoms with Gasteiger partial charge in [0, 0.05) is 13.1 Å². The number of carbonyl (C=O) groups is 6. The minimum atomic E-state index is -1.43. The maximum absolute atomic E-state index is 13.2. The van der Waals surface area contributed by atoms with Crippen molar-refractivity contribution in [3.63, 3.8) is 0 Å². The molecule has 2 rings (SSSR count). The molecule has 0 aliphatic carbocycles. The monoisotopic (exact) mass is 524 g/mol. The lowest BCUT2D eigenvalue weighted by atomic mass is 10.0. The number of carboxylic acid groups (broad SMARTS) is 1. The lowest BCUT2D eigenvalue weighted by Gasteiger charge is -2.30. The van der Waals surface area contributed by atoms with Gasteiger partial charge in [-0.05, 0) is 31.6 Å².